The molecule has 0 aliphatic carbocycles. The summed E-state index contributed by atoms with van der Waals surface area (Å²) < 4.78 is 3.29. The zero-order valence-electron chi connectivity index (χ0n) is 15.3. The first-order valence-corrected chi connectivity index (χ1v) is 9.00. The van der Waals surface area contributed by atoms with E-state index in [-0.39, 0.29) is 11.1 Å². The molecule has 134 valence electrons. The van der Waals surface area contributed by atoms with Crippen molar-refractivity contribution < 1.29 is 0 Å². The number of benzene rings is 2. The Morgan fingerprint density at radius 2 is 1.67 bits per heavy atom. The Hall–Kier alpha value is -3.40. The van der Waals surface area contributed by atoms with Crippen LogP contribution in [0.25, 0.3) is 27.6 Å². The number of aryl methyl sites for hydroxylation is 2. The Balaban J connectivity index is 2.10. The molecule has 0 spiro atoms. The molecule has 0 aliphatic heterocycles. The Morgan fingerprint density at radius 1 is 0.889 bits per heavy atom. The lowest BCUT2D eigenvalue weighted by Crippen LogP contribution is -2.22. The predicted molar refractivity (Wildman–Crippen MR) is 110 cm³/mol. The molecule has 0 fully saturated rings. The smallest absolute Gasteiger partial charge is 0.263 e. The van der Waals surface area contributed by atoms with Crippen LogP contribution in [0, 0.1) is 0 Å². The number of nitrogens with zero attached hydrogens (tertiary/aromatic N) is 2. The van der Waals surface area contributed by atoms with Crippen molar-refractivity contribution in [2.24, 2.45) is 7.05 Å². The molecular formula is C23H20N2O2. The van der Waals surface area contributed by atoms with Crippen LogP contribution in [0.1, 0.15) is 12.6 Å². The van der Waals surface area contributed by atoms with Crippen LogP contribution < -0.4 is 11.1 Å². The van der Waals surface area contributed by atoms with Crippen LogP contribution in [0.2, 0.25) is 0 Å². The normalized spacial score (nSPS) is 11.0. The molecule has 0 atom stereocenters. The zero-order chi connectivity index (χ0) is 19.0. The maximum absolute atomic E-state index is 13.5. The van der Waals surface area contributed by atoms with Crippen LogP contribution in [0.15, 0.2) is 82.5 Å². The van der Waals surface area contributed by atoms with Crippen molar-refractivity contribution >= 4 is 10.8 Å². The summed E-state index contributed by atoms with van der Waals surface area (Å²) in [6.07, 6.45) is 2.48. The Kier molecular flexibility index (Phi) is 4.24. The van der Waals surface area contributed by atoms with E-state index in [1.165, 1.54) is 4.57 Å². The molecule has 4 heteroatoms. The summed E-state index contributed by atoms with van der Waals surface area (Å²) in [4.78, 5) is 25.6. The molecule has 0 saturated heterocycles. The van der Waals surface area contributed by atoms with Gasteiger partial charge in [-0.1, -0.05) is 43.3 Å². The van der Waals surface area contributed by atoms with E-state index in [4.69, 9.17) is 0 Å². The third-order valence-electron chi connectivity index (χ3n) is 4.91. The van der Waals surface area contributed by atoms with Crippen LogP contribution in [-0.4, -0.2) is 9.13 Å². The van der Waals surface area contributed by atoms with E-state index >= 15 is 0 Å². The molecule has 4 aromatic rings. The highest BCUT2D eigenvalue weighted by Crippen LogP contribution is 2.27. The second-order valence-corrected chi connectivity index (χ2v) is 6.60. The van der Waals surface area contributed by atoms with E-state index in [2.05, 4.69) is 6.07 Å². The molecule has 2 heterocycles. The summed E-state index contributed by atoms with van der Waals surface area (Å²) in [6.45, 7) is 2.05. The SMILES string of the molecule is CCc1cc2cccc(-c3ccn(C)c(=O)c3)c2c(=O)n1-c1ccccc1. The third-order valence-corrected chi connectivity index (χ3v) is 4.91. The molecule has 0 bridgehead atoms. The molecule has 27 heavy (non-hydrogen) atoms. The predicted octanol–water partition coefficient (Wildman–Crippen LogP) is 3.92. The first-order chi connectivity index (χ1) is 13.1. The van der Waals surface area contributed by atoms with Gasteiger partial charge in [0.15, 0.2) is 0 Å². The fraction of sp³-hybridized carbons (Fsp3) is 0.130. The number of hydrogen-bond acceptors (Lipinski definition) is 2. The van der Waals surface area contributed by atoms with E-state index in [1.54, 1.807) is 23.9 Å². The summed E-state index contributed by atoms with van der Waals surface area (Å²) >= 11 is 0. The summed E-state index contributed by atoms with van der Waals surface area (Å²) in [5.41, 5.74) is 3.18. The molecule has 0 amide bonds. The highest BCUT2D eigenvalue weighted by atomic mass is 16.1. The second-order valence-electron chi connectivity index (χ2n) is 6.60. The Labute approximate surface area is 157 Å². The number of fused-ring (bicyclic) bond motifs is 1. The summed E-state index contributed by atoms with van der Waals surface area (Å²) in [5.74, 6) is 0. The van der Waals surface area contributed by atoms with Crippen LogP contribution >= 0.6 is 0 Å². The van der Waals surface area contributed by atoms with E-state index in [0.717, 1.165) is 34.3 Å². The van der Waals surface area contributed by atoms with Crippen molar-refractivity contribution in [3.63, 3.8) is 0 Å². The van der Waals surface area contributed by atoms with Gasteiger partial charge in [-0.25, -0.2) is 0 Å². The van der Waals surface area contributed by atoms with E-state index < -0.39 is 0 Å². The van der Waals surface area contributed by atoms with Gasteiger partial charge in [0.25, 0.3) is 11.1 Å². The van der Waals surface area contributed by atoms with E-state index in [0.29, 0.717) is 5.39 Å². The van der Waals surface area contributed by atoms with Crippen LogP contribution in [0.4, 0.5) is 0 Å². The second kappa shape index (κ2) is 6.72. The minimum atomic E-state index is -0.0990. The van der Waals surface area contributed by atoms with Gasteiger partial charge in [0.2, 0.25) is 0 Å². The summed E-state index contributed by atoms with van der Waals surface area (Å²) in [7, 11) is 1.71. The van der Waals surface area contributed by atoms with Crippen molar-refractivity contribution in [3.05, 3.63) is 99.3 Å². The summed E-state index contributed by atoms with van der Waals surface area (Å²) in [5, 5.41) is 1.52. The largest absolute Gasteiger partial charge is 0.319 e. The number of aromatic nitrogens is 2. The molecule has 4 nitrogen and oxygen atoms in total. The van der Waals surface area contributed by atoms with Crippen molar-refractivity contribution in [1.82, 2.24) is 9.13 Å². The van der Waals surface area contributed by atoms with E-state index in [9.17, 15) is 9.59 Å². The quantitative estimate of drug-likeness (QED) is 0.558. The molecule has 4 rings (SSSR count). The monoisotopic (exact) mass is 356 g/mol. The highest BCUT2D eigenvalue weighted by Gasteiger charge is 2.14. The number of rotatable bonds is 3. The maximum atomic E-state index is 13.5. The molecule has 0 unspecified atom stereocenters. The van der Waals surface area contributed by atoms with Crippen molar-refractivity contribution in [2.45, 2.75) is 13.3 Å². The first kappa shape index (κ1) is 17.0. The summed E-state index contributed by atoms with van der Waals surface area (Å²) in [6, 6.07) is 21.0. The molecular weight excluding hydrogens is 336 g/mol. The fourth-order valence-corrected chi connectivity index (χ4v) is 3.49. The fourth-order valence-electron chi connectivity index (χ4n) is 3.49. The van der Waals surface area contributed by atoms with Crippen molar-refractivity contribution in [3.8, 4) is 16.8 Å². The minimum Gasteiger partial charge on any atom is -0.319 e. The van der Waals surface area contributed by atoms with E-state index in [1.807, 2.05) is 61.5 Å². The number of para-hydroxylation sites is 1. The third kappa shape index (κ3) is 2.89. The molecule has 2 aromatic heterocycles. The Bertz CT molecular complexity index is 1250. The lowest BCUT2D eigenvalue weighted by atomic mass is 9.99. The van der Waals surface area contributed by atoms with Crippen LogP contribution in [0.3, 0.4) is 0 Å². The van der Waals surface area contributed by atoms with Gasteiger partial charge >= 0.3 is 0 Å². The van der Waals surface area contributed by atoms with Gasteiger partial charge in [-0.15, -0.1) is 0 Å². The number of pyridine rings is 2. The van der Waals surface area contributed by atoms with Gasteiger partial charge in [-0.3, -0.25) is 14.2 Å². The molecule has 0 radical (unpaired) electrons. The van der Waals surface area contributed by atoms with Gasteiger partial charge in [0.1, 0.15) is 0 Å². The van der Waals surface area contributed by atoms with Crippen molar-refractivity contribution in [1.29, 1.82) is 0 Å². The molecule has 0 N–H and O–H groups in total. The molecule has 0 aliphatic rings. The maximum Gasteiger partial charge on any atom is 0.263 e. The average Bonchev–Trinajstić information content (AvgIpc) is 2.70. The van der Waals surface area contributed by atoms with Gasteiger partial charge in [0, 0.05) is 30.7 Å². The first-order valence-electron chi connectivity index (χ1n) is 9.00. The van der Waals surface area contributed by atoms with Crippen LogP contribution in [0.5, 0.6) is 0 Å². The lowest BCUT2D eigenvalue weighted by Gasteiger charge is -2.15. The molecule has 2 aromatic carbocycles. The topological polar surface area (TPSA) is 44.0 Å². The zero-order valence-corrected chi connectivity index (χ0v) is 15.3. The van der Waals surface area contributed by atoms with Gasteiger partial charge < -0.3 is 4.57 Å². The molecule has 0 saturated carbocycles. The standard InChI is InChI=1S/C23H20N2O2/c1-3-18-14-17-8-7-11-20(16-12-13-24(2)21(26)15-16)22(17)23(27)25(18)19-9-5-4-6-10-19/h4-15H,3H2,1-2H3. The highest BCUT2D eigenvalue weighted by molar-refractivity contribution is 5.96. The number of hydrogen-bond donors (Lipinski definition) is 0. The Morgan fingerprint density at radius 3 is 2.37 bits per heavy atom. The van der Waals surface area contributed by atoms with Crippen molar-refractivity contribution in [2.75, 3.05) is 0 Å². The lowest BCUT2D eigenvalue weighted by molar-refractivity contribution is 0.861. The van der Waals surface area contributed by atoms with Gasteiger partial charge in [-0.05, 0) is 47.2 Å². The van der Waals surface area contributed by atoms with Gasteiger partial charge in [-0.2, -0.15) is 0 Å². The van der Waals surface area contributed by atoms with Crippen LogP contribution in [-0.2, 0) is 13.5 Å². The minimum absolute atomic E-state index is 0.0631. The average molecular weight is 356 g/mol. The van der Waals surface area contributed by atoms with Gasteiger partial charge in [0.05, 0.1) is 5.39 Å².